The summed E-state index contributed by atoms with van der Waals surface area (Å²) in [6.07, 6.45) is -1.49. The molecule has 1 aliphatic carbocycles. The standard InChI is InChI=1S/C10H10F3N/c1-6-3-7(2)9(10(11,12)13)8(4-6)5-14/h3-4,7,9H,1-2H3. The van der Waals surface area contributed by atoms with Crippen LogP contribution in [0, 0.1) is 23.2 Å². The number of hydrogen-bond acceptors (Lipinski definition) is 1. The summed E-state index contributed by atoms with van der Waals surface area (Å²) in [7, 11) is 0. The first kappa shape index (κ1) is 10.8. The lowest BCUT2D eigenvalue weighted by molar-refractivity contribution is -0.171. The van der Waals surface area contributed by atoms with Crippen molar-refractivity contribution in [2.75, 3.05) is 0 Å². The van der Waals surface area contributed by atoms with Gasteiger partial charge in [-0.25, -0.2) is 0 Å². The molecule has 0 aromatic carbocycles. The molecule has 0 aromatic heterocycles. The van der Waals surface area contributed by atoms with Crippen molar-refractivity contribution in [1.82, 2.24) is 0 Å². The highest BCUT2D eigenvalue weighted by atomic mass is 19.4. The molecule has 1 aliphatic rings. The highest BCUT2D eigenvalue weighted by Gasteiger charge is 2.45. The largest absolute Gasteiger partial charge is 0.397 e. The van der Waals surface area contributed by atoms with E-state index in [0.717, 1.165) is 5.57 Å². The molecule has 2 atom stereocenters. The summed E-state index contributed by atoms with van der Waals surface area (Å²) < 4.78 is 37.6. The zero-order valence-corrected chi connectivity index (χ0v) is 7.89. The van der Waals surface area contributed by atoms with Crippen molar-refractivity contribution in [3.05, 3.63) is 23.3 Å². The van der Waals surface area contributed by atoms with Gasteiger partial charge in [0.15, 0.2) is 0 Å². The quantitative estimate of drug-likeness (QED) is 0.590. The van der Waals surface area contributed by atoms with Crippen LogP contribution in [0.5, 0.6) is 0 Å². The SMILES string of the molecule is CC1=CC(C)C(C(F)(F)F)C(C#N)=C1. The van der Waals surface area contributed by atoms with Crippen LogP contribution in [0.25, 0.3) is 0 Å². The molecule has 0 aliphatic heterocycles. The lowest BCUT2D eigenvalue weighted by Gasteiger charge is -2.27. The Kier molecular flexibility index (Phi) is 2.70. The van der Waals surface area contributed by atoms with Crippen LogP contribution in [-0.2, 0) is 0 Å². The van der Waals surface area contributed by atoms with E-state index in [1.807, 2.05) is 0 Å². The molecule has 14 heavy (non-hydrogen) atoms. The number of alkyl halides is 3. The van der Waals surface area contributed by atoms with Gasteiger partial charge in [-0.15, -0.1) is 0 Å². The number of rotatable bonds is 0. The van der Waals surface area contributed by atoms with Crippen LogP contribution in [-0.4, -0.2) is 6.18 Å². The second kappa shape index (κ2) is 3.49. The zero-order valence-electron chi connectivity index (χ0n) is 7.89. The first-order chi connectivity index (χ1) is 6.36. The first-order valence-electron chi connectivity index (χ1n) is 4.23. The van der Waals surface area contributed by atoms with Crippen LogP contribution in [0.1, 0.15) is 13.8 Å². The Morgan fingerprint density at radius 3 is 2.43 bits per heavy atom. The minimum atomic E-state index is -4.34. The van der Waals surface area contributed by atoms with Gasteiger partial charge in [0.25, 0.3) is 0 Å². The summed E-state index contributed by atoms with van der Waals surface area (Å²) in [5, 5.41) is 8.61. The van der Waals surface area contributed by atoms with Gasteiger partial charge in [0.05, 0.1) is 12.0 Å². The summed E-state index contributed by atoms with van der Waals surface area (Å²) in [5.41, 5.74) is 0.527. The van der Waals surface area contributed by atoms with Crippen LogP contribution in [0.2, 0.25) is 0 Å². The van der Waals surface area contributed by atoms with Gasteiger partial charge in [0.2, 0.25) is 0 Å². The smallest absolute Gasteiger partial charge is 0.193 e. The normalized spacial score (nSPS) is 27.7. The fourth-order valence-electron chi connectivity index (χ4n) is 1.75. The fraction of sp³-hybridized carbons (Fsp3) is 0.500. The third-order valence-corrected chi connectivity index (χ3v) is 2.25. The molecule has 0 amide bonds. The van der Waals surface area contributed by atoms with E-state index >= 15 is 0 Å². The van der Waals surface area contributed by atoms with Gasteiger partial charge in [-0.1, -0.05) is 18.6 Å². The molecule has 0 spiro atoms. The molecule has 0 fully saturated rings. The molecule has 1 rings (SSSR count). The highest BCUT2D eigenvalue weighted by Crippen LogP contribution is 2.40. The van der Waals surface area contributed by atoms with E-state index in [-0.39, 0.29) is 5.57 Å². The summed E-state index contributed by atoms with van der Waals surface area (Å²) in [5.74, 6) is -2.30. The van der Waals surface area contributed by atoms with Crippen LogP contribution in [0.15, 0.2) is 23.3 Å². The van der Waals surface area contributed by atoms with Gasteiger partial charge < -0.3 is 0 Å². The maximum atomic E-state index is 12.5. The summed E-state index contributed by atoms with van der Waals surface area (Å²) in [6, 6.07) is 1.62. The molecular weight excluding hydrogens is 191 g/mol. The maximum absolute atomic E-state index is 12.5. The monoisotopic (exact) mass is 201 g/mol. The average molecular weight is 201 g/mol. The van der Waals surface area contributed by atoms with Crippen molar-refractivity contribution in [3.8, 4) is 6.07 Å². The second-order valence-corrected chi connectivity index (χ2v) is 3.50. The topological polar surface area (TPSA) is 23.8 Å². The molecule has 0 radical (unpaired) electrons. The van der Waals surface area contributed by atoms with Crippen molar-refractivity contribution in [2.45, 2.75) is 20.0 Å². The van der Waals surface area contributed by atoms with Gasteiger partial charge in [0.1, 0.15) is 0 Å². The van der Waals surface area contributed by atoms with Crippen molar-refractivity contribution in [3.63, 3.8) is 0 Å². The molecule has 1 nitrogen and oxygen atoms in total. The Bertz CT molecular complexity index is 330. The second-order valence-electron chi connectivity index (χ2n) is 3.50. The molecule has 0 bridgehead atoms. The Balaban J connectivity index is 3.10. The van der Waals surface area contributed by atoms with Crippen molar-refractivity contribution in [2.24, 2.45) is 11.8 Å². The number of nitrogens with zero attached hydrogens (tertiary/aromatic N) is 1. The zero-order chi connectivity index (χ0) is 10.9. The number of nitriles is 1. The molecule has 4 heteroatoms. The molecule has 0 aromatic rings. The molecule has 0 saturated heterocycles. The van der Waals surface area contributed by atoms with E-state index in [4.69, 9.17) is 5.26 Å². The van der Waals surface area contributed by atoms with Gasteiger partial charge in [-0.05, 0) is 18.9 Å². The third kappa shape index (κ3) is 1.98. The minimum absolute atomic E-state index is 0.190. The summed E-state index contributed by atoms with van der Waals surface area (Å²) in [6.45, 7) is 3.17. The Labute approximate surface area is 80.5 Å². The summed E-state index contributed by atoms with van der Waals surface area (Å²) >= 11 is 0. The molecule has 0 heterocycles. The van der Waals surface area contributed by atoms with Crippen molar-refractivity contribution < 1.29 is 13.2 Å². The maximum Gasteiger partial charge on any atom is 0.397 e. The Morgan fingerprint density at radius 1 is 1.43 bits per heavy atom. The van der Waals surface area contributed by atoms with Gasteiger partial charge >= 0.3 is 6.18 Å². The van der Waals surface area contributed by atoms with Gasteiger partial charge in [-0.2, -0.15) is 18.4 Å². The van der Waals surface area contributed by atoms with Gasteiger partial charge in [-0.3, -0.25) is 0 Å². The van der Waals surface area contributed by atoms with E-state index in [0.29, 0.717) is 0 Å². The molecular formula is C10H10F3N. The van der Waals surface area contributed by atoms with Gasteiger partial charge in [0, 0.05) is 5.57 Å². The van der Waals surface area contributed by atoms with Crippen LogP contribution in [0.4, 0.5) is 13.2 Å². The van der Waals surface area contributed by atoms with Crippen LogP contribution in [0.3, 0.4) is 0 Å². The van der Waals surface area contributed by atoms with Crippen molar-refractivity contribution >= 4 is 0 Å². The number of allylic oxidation sites excluding steroid dienone is 4. The predicted molar refractivity (Wildman–Crippen MR) is 46.2 cm³/mol. The lowest BCUT2D eigenvalue weighted by Crippen LogP contribution is -2.31. The summed E-state index contributed by atoms with van der Waals surface area (Å²) in [4.78, 5) is 0. The fourth-order valence-corrected chi connectivity index (χ4v) is 1.75. The number of hydrogen-bond donors (Lipinski definition) is 0. The lowest BCUT2D eigenvalue weighted by atomic mass is 9.81. The number of halogens is 3. The predicted octanol–water partition coefficient (Wildman–Crippen LogP) is 3.21. The van der Waals surface area contributed by atoms with Crippen molar-refractivity contribution in [1.29, 1.82) is 5.26 Å². The molecule has 0 N–H and O–H groups in total. The molecule has 0 saturated carbocycles. The Hall–Kier alpha value is -1.24. The third-order valence-electron chi connectivity index (χ3n) is 2.25. The Morgan fingerprint density at radius 2 is 2.00 bits per heavy atom. The van der Waals surface area contributed by atoms with E-state index in [9.17, 15) is 13.2 Å². The first-order valence-corrected chi connectivity index (χ1v) is 4.23. The highest BCUT2D eigenvalue weighted by molar-refractivity contribution is 5.38. The van der Waals surface area contributed by atoms with E-state index in [1.54, 1.807) is 19.1 Å². The van der Waals surface area contributed by atoms with E-state index in [1.165, 1.54) is 13.0 Å². The van der Waals surface area contributed by atoms with Crippen LogP contribution >= 0.6 is 0 Å². The molecule has 2 unspecified atom stereocenters. The van der Waals surface area contributed by atoms with E-state index in [2.05, 4.69) is 0 Å². The molecule has 76 valence electrons. The minimum Gasteiger partial charge on any atom is -0.193 e. The van der Waals surface area contributed by atoms with E-state index < -0.39 is 18.0 Å². The van der Waals surface area contributed by atoms with Crippen LogP contribution < -0.4 is 0 Å². The average Bonchev–Trinajstić information content (AvgIpc) is 1.99.